The zero-order valence-corrected chi connectivity index (χ0v) is 10.9. The Labute approximate surface area is 115 Å². The number of amides is 1. The summed E-state index contributed by atoms with van der Waals surface area (Å²) in [6, 6.07) is -1.75. The van der Waals surface area contributed by atoms with Crippen LogP contribution in [0.4, 0.5) is 0 Å². The lowest BCUT2D eigenvalue weighted by Crippen LogP contribution is -2.56. The van der Waals surface area contributed by atoms with Gasteiger partial charge < -0.3 is 35.5 Å². The topological polar surface area (TPSA) is 144 Å². The summed E-state index contributed by atoms with van der Waals surface area (Å²) in [7, 11) is 0. The van der Waals surface area contributed by atoms with Crippen LogP contribution >= 0.6 is 0 Å². The van der Waals surface area contributed by atoms with Crippen molar-refractivity contribution < 1.29 is 34.0 Å². The third kappa shape index (κ3) is 3.25. The Morgan fingerprint density at radius 1 is 1.40 bits per heavy atom. The Morgan fingerprint density at radius 2 is 2.10 bits per heavy atom. The molecule has 0 aromatic heterocycles. The maximum atomic E-state index is 11.2. The van der Waals surface area contributed by atoms with Gasteiger partial charge in [0, 0.05) is 6.92 Å². The van der Waals surface area contributed by atoms with Crippen LogP contribution in [0.2, 0.25) is 0 Å². The highest BCUT2D eigenvalue weighted by Gasteiger charge is 2.58. The molecule has 2 unspecified atom stereocenters. The number of carboxylic acids is 1. The van der Waals surface area contributed by atoms with Crippen molar-refractivity contribution in [3.63, 3.8) is 0 Å². The van der Waals surface area contributed by atoms with Gasteiger partial charge in [0.1, 0.15) is 30.4 Å². The predicted octanol–water partition coefficient (Wildman–Crippen LogP) is -2.60. The van der Waals surface area contributed by atoms with Gasteiger partial charge in [0.2, 0.25) is 5.91 Å². The zero-order chi connectivity index (χ0) is 14.9. The van der Waals surface area contributed by atoms with Crippen molar-refractivity contribution in [1.29, 1.82) is 0 Å². The highest BCUT2D eigenvalue weighted by Crippen LogP contribution is 2.37. The number of carbonyl (C=O) groups is 2. The van der Waals surface area contributed by atoms with Crippen LogP contribution < -0.4 is 11.1 Å². The summed E-state index contributed by atoms with van der Waals surface area (Å²) >= 11 is 0. The summed E-state index contributed by atoms with van der Waals surface area (Å²) in [5.74, 6) is -1.48. The zero-order valence-electron chi connectivity index (χ0n) is 10.9. The van der Waals surface area contributed by atoms with Crippen LogP contribution in [-0.2, 0) is 23.8 Å². The average molecular weight is 290 g/mol. The van der Waals surface area contributed by atoms with E-state index >= 15 is 0 Å². The molecule has 1 amide bonds. The normalized spacial score (nSPS) is 36.9. The van der Waals surface area contributed by atoms with Crippen LogP contribution in [0.5, 0.6) is 0 Å². The van der Waals surface area contributed by atoms with E-state index in [1.807, 2.05) is 0 Å². The first-order valence-corrected chi connectivity index (χ1v) is 6.23. The lowest BCUT2D eigenvalue weighted by molar-refractivity contribution is -0.208. The van der Waals surface area contributed by atoms with Gasteiger partial charge in [-0.25, -0.2) is 0 Å². The van der Waals surface area contributed by atoms with E-state index in [1.165, 1.54) is 6.92 Å². The first-order chi connectivity index (χ1) is 9.43. The molecule has 0 spiro atoms. The Kier molecular flexibility index (Phi) is 4.55. The maximum Gasteiger partial charge on any atom is 0.322 e. The van der Waals surface area contributed by atoms with Gasteiger partial charge in [-0.1, -0.05) is 0 Å². The van der Waals surface area contributed by atoms with Gasteiger partial charge in [-0.2, -0.15) is 0 Å². The lowest BCUT2D eigenvalue weighted by Gasteiger charge is -2.33. The monoisotopic (exact) mass is 290 g/mol. The van der Waals surface area contributed by atoms with Crippen LogP contribution in [0.15, 0.2) is 0 Å². The number of carboxylic acid groups (broad SMARTS) is 1. The molecule has 0 radical (unpaired) electrons. The SMILES string of the molecule is CC(=O)NC1[C@H](OC[C@H](N)C(=O)O)OC(CO)[C@H]2O[C@H]12. The molecule has 2 saturated heterocycles. The first-order valence-electron chi connectivity index (χ1n) is 6.23. The largest absolute Gasteiger partial charge is 0.480 e. The minimum Gasteiger partial charge on any atom is -0.480 e. The van der Waals surface area contributed by atoms with Crippen LogP contribution in [0.25, 0.3) is 0 Å². The number of nitrogens with two attached hydrogens (primary N) is 1. The van der Waals surface area contributed by atoms with Crippen LogP contribution in [-0.4, -0.2) is 72.0 Å². The van der Waals surface area contributed by atoms with E-state index in [1.54, 1.807) is 0 Å². The molecule has 0 aromatic rings. The number of rotatable bonds is 6. The lowest BCUT2D eigenvalue weighted by atomic mass is 10.0. The Bertz CT molecular complexity index is 391. The van der Waals surface area contributed by atoms with Crippen molar-refractivity contribution in [2.75, 3.05) is 13.2 Å². The van der Waals surface area contributed by atoms with Crippen LogP contribution in [0.3, 0.4) is 0 Å². The fourth-order valence-corrected chi connectivity index (χ4v) is 2.16. The fraction of sp³-hybridized carbons (Fsp3) is 0.818. The van der Waals surface area contributed by atoms with Gasteiger partial charge in [0.15, 0.2) is 6.29 Å². The van der Waals surface area contributed by atoms with Gasteiger partial charge in [-0.05, 0) is 0 Å². The smallest absolute Gasteiger partial charge is 0.322 e. The van der Waals surface area contributed by atoms with Crippen LogP contribution in [0.1, 0.15) is 6.92 Å². The number of aliphatic carboxylic acids is 1. The number of epoxide rings is 1. The van der Waals surface area contributed by atoms with Crippen molar-refractivity contribution in [3.8, 4) is 0 Å². The van der Waals surface area contributed by atoms with E-state index in [9.17, 15) is 14.7 Å². The highest BCUT2D eigenvalue weighted by molar-refractivity contribution is 5.73. The molecule has 5 N–H and O–H groups in total. The minimum absolute atomic E-state index is 0.251. The van der Waals surface area contributed by atoms with Crippen molar-refractivity contribution >= 4 is 11.9 Å². The van der Waals surface area contributed by atoms with E-state index in [2.05, 4.69) is 5.32 Å². The standard InChI is InChI=1S/C11H18N2O7/c1-4(15)13-7-9-8(20-9)6(2-14)19-11(7)18-3-5(12)10(16)17/h5-9,11,14H,2-3,12H2,1H3,(H,13,15)(H,16,17)/t5-,6?,7?,8+,9+,11+/m0/s1. The second kappa shape index (κ2) is 6.02. The van der Waals surface area contributed by atoms with Crippen molar-refractivity contribution in [3.05, 3.63) is 0 Å². The minimum atomic E-state index is -1.20. The number of carbonyl (C=O) groups excluding carboxylic acids is 1. The summed E-state index contributed by atoms with van der Waals surface area (Å²) in [6.07, 6.45) is -2.07. The molecule has 2 fully saturated rings. The van der Waals surface area contributed by atoms with Gasteiger partial charge >= 0.3 is 5.97 Å². The van der Waals surface area contributed by atoms with Gasteiger partial charge in [-0.3, -0.25) is 9.59 Å². The third-order valence-corrected chi connectivity index (χ3v) is 3.19. The molecule has 2 aliphatic rings. The molecule has 0 saturated carbocycles. The molecule has 9 nitrogen and oxygen atoms in total. The Morgan fingerprint density at radius 3 is 2.65 bits per heavy atom. The summed E-state index contributed by atoms with van der Waals surface area (Å²) in [5, 5.41) is 20.5. The summed E-state index contributed by atoms with van der Waals surface area (Å²) < 4.78 is 16.1. The predicted molar refractivity (Wildman–Crippen MR) is 63.6 cm³/mol. The molecule has 20 heavy (non-hydrogen) atoms. The molecule has 0 aliphatic carbocycles. The molecule has 2 rings (SSSR count). The first kappa shape index (κ1) is 15.1. The Hall–Kier alpha value is -1.26. The number of hydrogen-bond acceptors (Lipinski definition) is 7. The molecule has 114 valence electrons. The molecule has 2 aliphatic heterocycles. The number of fused-ring (bicyclic) bond motifs is 1. The van der Waals surface area contributed by atoms with Crippen molar-refractivity contribution in [1.82, 2.24) is 5.32 Å². The molecular weight excluding hydrogens is 272 g/mol. The summed E-state index contributed by atoms with van der Waals surface area (Å²) in [6.45, 7) is 0.819. The van der Waals surface area contributed by atoms with Gasteiger partial charge in [0.25, 0.3) is 0 Å². The molecule has 9 heteroatoms. The molecule has 0 aromatic carbocycles. The second-order valence-corrected chi connectivity index (χ2v) is 4.80. The molecular formula is C11H18N2O7. The second-order valence-electron chi connectivity index (χ2n) is 4.80. The van der Waals surface area contributed by atoms with E-state index < -0.39 is 30.4 Å². The quantitative estimate of drug-likeness (QED) is 0.390. The number of hydrogen-bond donors (Lipinski definition) is 4. The van der Waals surface area contributed by atoms with E-state index in [0.717, 1.165) is 0 Å². The molecule has 2 heterocycles. The third-order valence-electron chi connectivity index (χ3n) is 3.19. The number of aliphatic hydroxyl groups excluding tert-OH is 1. The summed E-state index contributed by atoms with van der Waals surface area (Å²) in [4.78, 5) is 21.8. The fourth-order valence-electron chi connectivity index (χ4n) is 2.16. The van der Waals surface area contributed by atoms with E-state index in [0.29, 0.717) is 0 Å². The van der Waals surface area contributed by atoms with Crippen molar-refractivity contribution in [2.24, 2.45) is 5.73 Å². The molecule has 0 bridgehead atoms. The summed E-state index contributed by atoms with van der Waals surface area (Å²) in [5.41, 5.74) is 5.34. The van der Waals surface area contributed by atoms with Crippen molar-refractivity contribution in [2.45, 2.75) is 43.6 Å². The molecule has 6 atom stereocenters. The van der Waals surface area contributed by atoms with E-state index in [4.69, 9.17) is 25.1 Å². The van der Waals surface area contributed by atoms with Gasteiger partial charge in [0.05, 0.1) is 13.2 Å². The average Bonchev–Trinajstić information content (AvgIpc) is 3.16. The number of aliphatic hydroxyl groups is 1. The number of ether oxygens (including phenoxy) is 3. The Balaban J connectivity index is 1.97. The van der Waals surface area contributed by atoms with E-state index in [-0.39, 0.29) is 31.3 Å². The maximum absolute atomic E-state index is 11.2. The number of nitrogens with one attached hydrogen (secondary N) is 1. The van der Waals surface area contributed by atoms with Gasteiger partial charge in [-0.15, -0.1) is 0 Å². The highest BCUT2D eigenvalue weighted by atomic mass is 16.7. The van der Waals surface area contributed by atoms with Crippen LogP contribution in [0, 0.1) is 0 Å².